The van der Waals surface area contributed by atoms with E-state index in [0.717, 1.165) is 12.2 Å². The number of nitrogens with zero attached hydrogens (tertiary/aromatic N) is 5. The summed E-state index contributed by atoms with van der Waals surface area (Å²) in [6, 6.07) is 12.5. The molecular formula is C14H16N6. The molecular weight excluding hydrogens is 252 g/mol. The highest BCUT2D eigenvalue weighted by atomic mass is 15.6. The van der Waals surface area contributed by atoms with Gasteiger partial charge in [0, 0.05) is 0 Å². The second kappa shape index (κ2) is 5.24. The van der Waals surface area contributed by atoms with Crippen LogP contribution in [-0.4, -0.2) is 25.3 Å². The molecule has 1 unspecified atom stereocenters. The molecule has 102 valence electrons. The van der Waals surface area contributed by atoms with Gasteiger partial charge in [0.1, 0.15) is 5.82 Å². The van der Waals surface area contributed by atoms with Gasteiger partial charge in [-0.3, -0.25) is 0 Å². The first-order valence-electron chi connectivity index (χ1n) is 6.65. The molecule has 0 saturated carbocycles. The van der Waals surface area contributed by atoms with Crippen molar-refractivity contribution in [1.29, 1.82) is 0 Å². The van der Waals surface area contributed by atoms with E-state index in [-0.39, 0.29) is 6.04 Å². The zero-order chi connectivity index (χ0) is 13.9. The fraction of sp³-hybridized carbons (Fsp3) is 0.286. The summed E-state index contributed by atoms with van der Waals surface area (Å²) in [7, 11) is 0. The van der Waals surface area contributed by atoms with Crippen molar-refractivity contribution in [2.75, 3.05) is 5.32 Å². The number of rotatable bonds is 4. The van der Waals surface area contributed by atoms with Crippen LogP contribution in [0.5, 0.6) is 0 Å². The van der Waals surface area contributed by atoms with Crippen LogP contribution in [0, 0.1) is 6.92 Å². The average molecular weight is 268 g/mol. The van der Waals surface area contributed by atoms with E-state index in [4.69, 9.17) is 0 Å². The summed E-state index contributed by atoms with van der Waals surface area (Å²) in [6.45, 7) is 4.23. The van der Waals surface area contributed by atoms with E-state index in [2.05, 4.69) is 64.1 Å². The van der Waals surface area contributed by atoms with Gasteiger partial charge in [-0.2, -0.15) is 0 Å². The predicted molar refractivity (Wildman–Crippen MR) is 76.4 cm³/mol. The van der Waals surface area contributed by atoms with Crippen molar-refractivity contribution in [1.82, 2.24) is 25.3 Å². The Morgan fingerprint density at radius 3 is 2.70 bits per heavy atom. The lowest BCUT2D eigenvalue weighted by molar-refractivity contribution is 0.707. The molecule has 20 heavy (non-hydrogen) atoms. The number of fused-ring (bicyclic) bond motifs is 1. The normalized spacial score (nSPS) is 12.5. The van der Waals surface area contributed by atoms with Crippen LogP contribution in [0.1, 0.15) is 30.5 Å². The first-order valence-corrected chi connectivity index (χ1v) is 6.65. The zero-order valence-electron chi connectivity index (χ0n) is 11.5. The van der Waals surface area contributed by atoms with E-state index in [1.807, 2.05) is 12.1 Å². The van der Waals surface area contributed by atoms with E-state index in [1.165, 1.54) is 15.8 Å². The smallest absolute Gasteiger partial charge is 0.200 e. The molecule has 2 aromatic heterocycles. The highest BCUT2D eigenvalue weighted by Gasteiger charge is 2.10. The minimum absolute atomic E-state index is 0.219. The fourth-order valence-corrected chi connectivity index (χ4v) is 2.12. The van der Waals surface area contributed by atoms with E-state index < -0.39 is 0 Å². The number of aryl methyl sites for hydroxylation is 1. The van der Waals surface area contributed by atoms with Gasteiger partial charge in [0.15, 0.2) is 5.65 Å². The summed E-state index contributed by atoms with van der Waals surface area (Å²) >= 11 is 0. The van der Waals surface area contributed by atoms with Crippen molar-refractivity contribution in [2.45, 2.75) is 26.3 Å². The van der Waals surface area contributed by atoms with Crippen molar-refractivity contribution < 1.29 is 0 Å². The standard InChI is InChI=1S/C14H16N6/c1-3-12(11-6-4-10(2)5-7-11)15-13-8-9-14-16-18-19-20(14)17-13/h4-9,12H,3H2,1-2H3,(H,15,17). The van der Waals surface area contributed by atoms with Crippen LogP contribution < -0.4 is 5.32 Å². The van der Waals surface area contributed by atoms with Crippen LogP contribution in [-0.2, 0) is 0 Å². The fourth-order valence-electron chi connectivity index (χ4n) is 2.12. The first kappa shape index (κ1) is 12.5. The Balaban J connectivity index is 1.84. The quantitative estimate of drug-likeness (QED) is 0.787. The number of tetrazole rings is 1. The Labute approximate surface area is 116 Å². The molecule has 0 bridgehead atoms. The number of hydrogen-bond donors (Lipinski definition) is 1. The van der Waals surface area contributed by atoms with Gasteiger partial charge in [-0.05, 0) is 41.5 Å². The topological polar surface area (TPSA) is 68.0 Å². The van der Waals surface area contributed by atoms with Gasteiger partial charge in [0.2, 0.25) is 0 Å². The maximum absolute atomic E-state index is 4.34. The third kappa shape index (κ3) is 2.45. The van der Waals surface area contributed by atoms with Crippen molar-refractivity contribution in [3.8, 4) is 0 Å². The van der Waals surface area contributed by atoms with Crippen molar-refractivity contribution in [3.63, 3.8) is 0 Å². The molecule has 1 aromatic carbocycles. The molecule has 3 aromatic rings. The summed E-state index contributed by atoms with van der Waals surface area (Å²) in [6.07, 6.45) is 0.971. The van der Waals surface area contributed by atoms with Crippen LogP contribution >= 0.6 is 0 Å². The number of nitrogens with one attached hydrogen (secondary N) is 1. The second-order valence-corrected chi connectivity index (χ2v) is 4.76. The summed E-state index contributed by atoms with van der Waals surface area (Å²) in [5.74, 6) is 0.761. The second-order valence-electron chi connectivity index (χ2n) is 4.76. The molecule has 0 amide bonds. The Morgan fingerprint density at radius 2 is 1.95 bits per heavy atom. The molecule has 1 N–H and O–H groups in total. The van der Waals surface area contributed by atoms with Gasteiger partial charge in [0.05, 0.1) is 6.04 Å². The largest absolute Gasteiger partial charge is 0.362 e. The Bertz CT molecular complexity index is 703. The summed E-state index contributed by atoms with van der Waals surface area (Å²) in [5.41, 5.74) is 3.15. The van der Waals surface area contributed by atoms with E-state index >= 15 is 0 Å². The van der Waals surface area contributed by atoms with Gasteiger partial charge in [-0.25, -0.2) is 0 Å². The van der Waals surface area contributed by atoms with Crippen LogP contribution in [0.15, 0.2) is 36.4 Å². The molecule has 0 aliphatic carbocycles. The van der Waals surface area contributed by atoms with Gasteiger partial charge in [-0.15, -0.1) is 14.8 Å². The van der Waals surface area contributed by atoms with Crippen LogP contribution in [0.2, 0.25) is 0 Å². The summed E-state index contributed by atoms with van der Waals surface area (Å²) in [5, 5.41) is 19.0. The van der Waals surface area contributed by atoms with Gasteiger partial charge in [0.25, 0.3) is 0 Å². The molecule has 0 spiro atoms. The minimum atomic E-state index is 0.219. The molecule has 0 aliphatic heterocycles. The third-order valence-corrected chi connectivity index (χ3v) is 3.28. The lowest BCUT2D eigenvalue weighted by Crippen LogP contribution is -2.12. The lowest BCUT2D eigenvalue weighted by atomic mass is 10.0. The van der Waals surface area contributed by atoms with E-state index in [1.54, 1.807) is 0 Å². The van der Waals surface area contributed by atoms with E-state index in [9.17, 15) is 0 Å². The monoisotopic (exact) mass is 268 g/mol. The third-order valence-electron chi connectivity index (χ3n) is 3.28. The number of aromatic nitrogens is 5. The zero-order valence-corrected chi connectivity index (χ0v) is 11.5. The highest BCUT2D eigenvalue weighted by Crippen LogP contribution is 2.21. The van der Waals surface area contributed by atoms with Crippen molar-refractivity contribution >= 4 is 11.5 Å². The van der Waals surface area contributed by atoms with Gasteiger partial charge in [-0.1, -0.05) is 36.8 Å². The molecule has 0 fully saturated rings. The molecule has 0 radical (unpaired) electrons. The average Bonchev–Trinajstić information content (AvgIpc) is 2.93. The Kier molecular flexibility index (Phi) is 3.28. The predicted octanol–water partition coefficient (Wildman–Crippen LogP) is 2.39. The summed E-state index contributed by atoms with van der Waals surface area (Å²) in [4.78, 5) is 0. The molecule has 0 aliphatic rings. The van der Waals surface area contributed by atoms with Crippen LogP contribution in [0.3, 0.4) is 0 Å². The summed E-state index contributed by atoms with van der Waals surface area (Å²) < 4.78 is 1.42. The molecule has 6 nitrogen and oxygen atoms in total. The molecule has 3 rings (SSSR count). The minimum Gasteiger partial charge on any atom is -0.362 e. The Hall–Kier alpha value is -2.50. The Morgan fingerprint density at radius 1 is 1.15 bits per heavy atom. The lowest BCUT2D eigenvalue weighted by Gasteiger charge is -2.18. The SMILES string of the molecule is CCC(Nc1ccc2nnnn2n1)c1ccc(C)cc1. The number of hydrogen-bond acceptors (Lipinski definition) is 5. The van der Waals surface area contributed by atoms with Crippen molar-refractivity contribution in [3.05, 3.63) is 47.5 Å². The molecule has 1 atom stereocenters. The van der Waals surface area contributed by atoms with Crippen molar-refractivity contribution in [2.24, 2.45) is 0 Å². The number of benzene rings is 1. The molecule has 2 heterocycles. The maximum atomic E-state index is 4.34. The van der Waals surface area contributed by atoms with Gasteiger partial charge < -0.3 is 5.32 Å². The number of anilines is 1. The molecule has 0 saturated heterocycles. The van der Waals surface area contributed by atoms with E-state index in [0.29, 0.717) is 5.65 Å². The maximum Gasteiger partial charge on any atom is 0.200 e. The highest BCUT2D eigenvalue weighted by molar-refractivity contribution is 5.44. The van der Waals surface area contributed by atoms with Gasteiger partial charge >= 0.3 is 0 Å². The van der Waals surface area contributed by atoms with Crippen LogP contribution in [0.4, 0.5) is 5.82 Å². The molecule has 6 heteroatoms. The van der Waals surface area contributed by atoms with Crippen LogP contribution in [0.25, 0.3) is 5.65 Å². The first-order chi connectivity index (χ1) is 9.76.